The first kappa shape index (κ1) is 26.1. The van der Waals surface area contributed by atoms with Crippen molar-refractivity contribution in [3.63, 3.8) is 0 Å². The minimum atomic E-state index is 0.111. The molecule has 0 bridgehead atoms. The first-order chi connectivity index (χ1) is 23.2. The smallest absolute Gasteiger partial charge is 0.149 e. The van der Waals surface area contributed by atoms with Gasteiger partial charge in [-0.3, -0.25) is 4.57 Å². The summed E-state index contributed by atoms with van der Waals surface area (Å²) in [5.41, 5.74) is 11.5. The summed E-state index contributed by atoms with van der Waals surface area (Å²) in [7, 11) is 0. The molecule has 0 unspecified atom stereocenters. The van der Waals surface area contributed by atoms with Gasteiger partial charge in [0.15, 0.2) is 0 Å². The molecule has 0 spiro atoms. The fraction of sp³-hybridized carbons (Fsp3) is 0.0476. The van der Waals surface area contributed by atoms with Crippen LogP contribution < -0.4 is 0 Å². The van der Waals surface area contributed by atoms with Crippen LogP contribution in [-0.4, -0.2) is 19.6 Å². The van der Waals surface area contributed by atoms with Gasteiger partial charge in [-0.15, -0.1) is 0 Å². The van der Waals surface area contributed by atoms with Crippen LogP contribution in [0.4, 0.5) is 0 Å². The van der Waals surface area contributed by atoms with Gasteiger partial charge in [-0.25, -0.2) is 9.97 Å². The van der Waals surface area contributed by atoms with Gasteiger partial charge in [0.2, 0.25) is 0 Å². The van der Waals surface area contributed by atoms with E-state index in [0.29, 0.717) is 17.0 Å². The van der Waals surface area contributed by atoms with E-state index in [2.05, 4.69) is 83.4 Å². The lowest BCUT2D eigenvalue weighted by Crippen LogP contribution is -2.07. The van der Waals surface area contributed by atoms with Crippen LogP contribution in [0.25, 0.3) is 83.3 Å². The molecule has 5 nitrogen and oxygen atoms in total. The van der Waals surface area contributed by atoms with Gasteiger partial charge in [-0.05, 0) is 59.7 Å². The fourth-order valence-electron chi connectivity index (χ4n) is 7.48. The second-order valence-corrected chi connectivity index (χ2v) is 12.2. The van der Waals surface area contributed by atoms with Crippen molar-refractivity contribution < 1.29 is 9.52 Å². The Kier molecular flexibility index (Phi) is 5.49. The fourth-order valence-corrected chi connectivity index (χ4v) is 7.48. The number of benzene rings is 6. The Hall–Kier alpha value is -6.20. The van der Waals surface area contributed by atoms with E-state index in [4.69, 9.17) is 14.4 Å². The largest absolute Gasteiger partial charge is 0.507 e. The van der Waals surface area contributed by atoms with E-state index in [1.165, 1.54) is 22.1 Å². The first-order valence-electron chi connectivity index (χ1n) is 15.9. The predicted molar refractivity (Wildman–Crippen MR) is 189 cm³/mol. The highest BCUT2D eigenvalue weighted by atomic mass is 16.3. The average molecular weight is 606 g/mol. The number of rotatable bonds is 3. The standard InChI is InChI=1S/C42H27N3O2/c46-36-24-38-33(29-16-8-9-20-37(29)47-38)23-34(36)42-44-41-32(18-10-19-35(41)45(42)26-12-2-1-3-13-26)40-30-17-7-6-15-28(30)31-22-21-25-11-4-5-14-27(25)39(31)43-40/h1-20,23-24,46H,21-22H2. The Balaban J connectivity index is 1.29. The van der Waals surface area contributed by atoms with Crippen LogP contribution in [0.2, 0.25) is 0 Å². The first-order valence-corrected chi connectivity index (χ1v) is 15.9. The van der Waals surface area contributed by atoms with Crippen molar-refractivity contribution >= 4 is 43.7 Å². The van der Waals surface area contributed by atoms with Gasteiger partial charge < -0.3 is 9.52 Å². The number of phenolic OH excluding ortho intramolecular Hbond substituents is 1. The van der Waals surface area contributed by atoms with Crippen LogP contribution in [0.1, 0.15) is 11.1 Å². The molecule has 0 aliphatic heterocycles. The SMILES string of the molecule is Oc1cc2oc3ccccc3c2cc1-c1nc2c(-c3nc4c(c5ccccc35)CCc3ccccc3-4)cccc2n1-c1ccccc1. The summed E-state index contributed by atoms with van der Waals surface area (Å²) in [4.78, 5) is 10.8. The summed E-state index contributed by atoms with van der Waals surface area (Å²) >= 11 is 0. The molecule has 3 aromatic heterocycles. The van der Waals surface area contributed by atoms with Gasteiger partial charge in [0.1, 0.15) is 22.7 Å². The summed E-state index contributed by atoms with van der Waals surface area (Å²) < 4.78 is 8.23. The number of fused-ring (bicyclic) bond motifs is 9. The molecule has 0 fully saturated rings. The Bertz CT molecular complexity index is 2700. The van der Waals surface area contributed by atoms with E-state index in [9.17, 15) is 5.11 Å². The molecule has 9 aromatic rings. The number of para-hydroxylation sites is 3. The predicted octanol–water partition coefficient (Wildman–Crippen LogP) is 10.3. The molecule has 5 heteroatoms. The van der Waals surface area contributed by atoms with E-state index < -0.39 is 0 Å². The second-order valence-electron chi connectivity index (χ2n) is 12.2. The van der Waals surface area contributed by atoms with Crippen molar-refractivity contribution in [1.82, 2.24) is 14.5 Å². The highest BCUT2D eigenvalue weighted by Crippen LogP contribution is 2.44. The lowest BCUT2D eigenvalue weighted by Gasteiger charge is -2.22. The Labute approximate surface area is 270 Å². The van der Waals surface area contributed by atoms with Crippen LogP contribution in [0.5, 0.6) is 5.75 Å². The minimum Gasteiger partial charge on any atom is -0.507 e. The van der Waals surface area contributed by atoms with E-state index >= 15 is 0 Å². The normalized spacial score (nSPS) is 12.6. The molecule has 3 heterocycles. The number of phenols is 1. The maximum Gasteiger partial charge on any atom is 0.149 e. The number of hydrogen-bond donors (Lipinski definition) is 1. The van der Waals surface area contributed by atoms with Crippen molar-refractivity contribution in [2.45, 2.75) is 12.8 Å². The van der Waals surface area contributed by atoms with Crippen LogP contribution in [0.15, 0.2) is 138 Å². The number of aryl methyl sites for hydroxylation is 2. The van der Waals surface area contributed by atoms with Gasteiger partial charge in [-0.1, -0.05) is 97.1 Å². The summed E-state index contributed by atoms with van der Waals surface area (Å²) in [5, 5.41) is 15.8. The van der Waals surface area contributed by atoms with Crippen molar-refractivity contribution in [3.8, 4) is 45.3 Å². The van der Waals surface area contributed by atoms with Gasteiger partial charge in [0, 0.05) is 39.0 Å². The van der Waals surface area contributed by atoms with Crippen LogP contribution in [0, 0.1) is 0 Å². The summed E-state index contributed by atoms with van der Waals surface area (Å²) in [6.07, 6.45) is 1.97. The van der Waals surface area contributed by atoms with Gasteiger partial charge in [-0.2, -0.15) is 0 Å². The monoisotopic (exact) mass is 605 g/mol. The highest BCUT2D eigenvalue weighted by Gasteiger charge is 2.25. The molecule has 47 heavy (non-hydrogen) atoms. The maximum absolute atomic E-state index is 11.5. The van der Waals surface area contributed by atoms with Gasteiger partial charge in [0.05, 0.1) is 28.0 Å². The molecule has 0 saturated heterocycles. The lowest BCUT2D eigenvalue weighted by molar-refractivity contribution is 0.476. The summed E-state index contributed by atoms with van der Waals surface area (Å²) in [5.74, 6) is 0.760. The van der Waals surface area contributed by atoms with Crippen molar-refractivity contribution in [3.05, 3.63) is 145 Å². The maximum atomic E-state index is 11.5. The number of aromatic nitrogens is 3. The lowest BCUT2D eigenvalue weighted by atomic mass is 9.85. The van der Waals surface area contributed by atoms with Crippen LogP contribution >= 0.6 is 0 Å². The number of nitrogens with zero attached hydrogens (tertiary/aromatic N) is 3. The Morgan fingerprint density at radius 2 is 1.30 bits per heavy atom. The van der Waals surface area contributed by atoms with E-state index in [1.807, 2.05) is 48.5 Å². The molecule has 222 valence electrons. The van der Waals surface area contributed by atoms with Crippen LogP contribution in [0.3, 0.4) is 0 Å². The van der Waals surface area contributed by atoms with E-state index in [1.54, 1.807) is 6.07 Å². The Morgan fingerprint density at radius 3 is 2.19 bits per heavy atom. The van der Waals surface area contributed by atoms with Gasteiger partial charge in [0.25, 0.3) is 0 Å². The number of aromatic hydroxyl groups is 1. The molecule has 0 atom stereocenters. The van der Waals surface area contributed by atoms with Crippen molar-refractivity contribution in [2.24, 2.45) is 0 Å². The van der Waals surface area contributed by atoms with E-state index in [-0.39, 0.29) is 5.75 Å². The van der Waals surface area contributed by atoms with E-state index in [0.717, 1.165) is 68.3 Å². The molecule has 10 rings (SSSR count). The molecule has 0 radical (unpaired) electrons. The third-order valence-electron chi connectivity index (χ3n) is 9.62. The number of imidazole rings is 1. The summed E-state index contributed by atoms with van der Waals surface area (Å²) in [6, 6.07) is 45.4. The van der Waals surface area contributed by atoms with Crippen molar-refractivity contribution in [1.29, 1.82) is 0 Å². The molecular formula is C42H27N3O2. The third-order valence-corrected chi connectivity index (χ3v) is 9.62. The number of pyridine rings is 1. The summed E-state index contributed by atoms with van der Waals surface area (Å²) in [6.45, 7) is 0. The van der Waals surface area contributed by atoms with Crippen molar-refractivity contribution in [2.75, 3.05) is 0 Å². The minimum absolute atomic E-state index is 0.111. The van der Waals surface area contributed by atoms with Crippen LogP contribution in [-0.2, 0) is 12.8 Å². The molecular weight excluding hydrogens is 578 g/mol. The third kappa shape index (κ3) is 3.83. The number of furan rings is 1. The highest BCUT2D eigenvalue weighted by molar-refractivity contribution is 6.08. The quantitative estimate of drug-likeness (QED) is 0.218. The van der Waals surface area contributed by atoms with Gasteiger partial charge >= 0.3 is 0 Å². The zero-order valence-electron chi connectivity index (χ0n) is 25.3. The molecule has 1 aliphatic carbocycles. The molecule has 6 aromatic carbocycles. The molecule has 0 amide bonds. The topological polar surface area (TPSA) is 64.1 Å². The molecule has 1 N–H and O–H groups in total. The molecule has 0 saturated carbocycles. The zero-order chi connectivity index (χ0) is 31.1. The second kappa shape index (κ2) is 9.90. The zero-order valence-corrected chi connectivity index (χ0v) is 25.3. The Morgan fingerprint density at radius 1 is 0.553 bits per heavy atom. The average Bonchev–Trinajstić information content (AvgIpc) is 3.69. The number of hydrogen-bond acceptors (Lipinski definition) is 4. The molecule has 1 aliphatic rings.